The van der Waals surface area contributed by atoms with Crippen molar-refractivity contribution in [3.8, 4) is 5.75 Å². The van der Waals surface area contributed by atoms with Gasteiger partial charge in [-0.05, 0) is 25.5 Å². The predicted molar refractivity (Wildman–Crippen MR) is 85.1 cm³/mol. The van der Waals surface area contributed by atoms with E-state index in [1.807, 2.05) is 37.3 Å². The Balaban J connectivity index is 2.37. The predicted octanol–water partition coefficient (Wildman–Crippen LogP) is 5.57. The number of unbranched alkanes of at least 4 members (excludes halogenated alkanes) is 5. The van der Waals surface area contributed by atoms with E-state index in [2.05, 4.69) is 13.8 Å². The standard InChI is InChI=1S/C18H30O2/c1-4-6-7-8-9-13-16-18(3,19-5-2)20-17-14-11-10-12-15-17/h10-12,14-15H,4-9,13,16H2,1-3H3. The highest BCUT2D eigenvalue weighted by Gasteiger charge is 2.26. The normalized spacial score (nSPS) is 13.9. The Labute approximate surface area is 124 Å². The maximum atomic E-state index is 6.05. The summed E-state index contributed by atoms with van der Waals surface area (Å²) in [6.45, 7) is 7.00. The summed E-state index contributed by atoms with van der Waals surface area (Å²) in [5.41, 5.74) is 0. The van der Waals surface area contributed by atoms with Crippen LogP contribution in [0.1, 0.15) is 65.7 Å². The van der Waals surface area contributed by atoms with Gasteiger partial charge in [0.1, 0.15) is 5.75 Å². The molecule has 1 unspecified atom stereocenters. The Morgan fingerprint density at radius 2 is 1.55 bits per heavy atom. The SMILES string of the molecule is CCCCCCCCC(C)(OCC)Oc1ccccc1. The Bertz CT molecular complexity index is 337. The number of para-hydroxylation sites is 1. The Hall–Kier alpha value is -1.02. The van der Waals surface area contributed by atoms with Gasteiger partial charge >= 0.3 is 0 Å². The molecule has 0 aliphatic carbocycles. The van der Waals surface area contributed by atoms with Crippen molar-refractivity contribution in [1.29, 1.82) is 0 Å². The second-order valence-corrected chi connectivity index (χ2v) is 5.50. The zero-order chi connectivity index (χ0) is 14.7. The first-order chi connectivity index (χ1) is 9.70. The van der Waals surface area contributed by atoms with E-state index in [4.69, 9.17) is 9.47 Å². The minimum absolute atomic E-state index is 0.499. The van der Waals surface area contributed by atoms with Crippen molar-refractivity contribution < 1.29 is 9.47 Å². The van der Waals surface area contributed by atoms with Crippen LogP contribution in [-0.4, -0.2) is 12.4 Å². The Kier molecular flexibility index (Phi) is 8.36. The Morgan fingerprint density at radius 3 is 2.20 bits per heavy atom. The van der Waals surface area contributed by atoms with E-state index in [-0.39, 0.29) is 0 Å². The summed E-state index contributed by atoms with van der Waals surface area (Å²) < 4.78 is 11.9. The van der Waals surface area contributed by atoms with Gasteiger partial charge in [0.15, 0.2) is 0 Å². The maximum Gasteiger partial charge on any atom is 0.207 e. The zero-order valence-electron chi connectivity index (χ0n) is 13.4. The van der Waals surface area contributed by atoms with Gasteiger partial charge < -0.3 is 9.47 Å². The van der Waals surface area contributed by atoms with Crippen LogP contribution in [-0.2, 0) is 4.74 Å². The molecule has 0 amide bonds. The molecule has 0 spiro atoms. The van der Waals surface area contributed by atoms with Crippen molar-refractivity contribution >= 4 is 0 Å². The average Bonchev–Trinajstić information content (AvgIpc) is 2.44. The molecule has 0 heterocycles. The molecule has 0 saturated heterocycles. The number of rotatable bonds is 11. The molecule has 0 radical (unpaired) electrons. The number of hydrogen-bond donors (Lipinski definition) is 0. The molecule has 1 rings (SSSR count). The fourth-order valence-electron chi connectivity index (χ4n) is 2.42. The van der Waals surface area contributed by atoms with Gasteiger partial charge in [-0.15, -0.1) is 0 Å². The van der Waals surface area contributed by atoms with Crippen LogP contribution >= 0.6 is 0 Å². The lowest BCUT2D eigenvalue weighted by Gasteiger charge is -2.30. The summed E-state index contributed by atoms with van der Waals surface area (Å²) in [6.07, 6.45) is 8.69. The van der Waals surface area contributed by atoms with Crippen molar-refractivity contribution in [3.05, 3.63) is 30.3 Å². The van der Waals surface area contributed by atoms with Gasteiger partial charge in [-0.1, -0.05) is 57.2 Å². The number of hydrogen-bond acceptors (Lipinski definition) is 2. The fraction of sp³-hybridized carbons (Fsp3) is 0.667. The molecule has 1 atom stereocenters. The van der Waals surface area contributed by atoms with Gasteiger partial charge in [0, 0.05) is 20.0 Å². The van der Waals surface area contributed by atoms with Gasteiger partial charge in [-0.25, -0.2) is 0 Å². The van der Waals surface area contributed by atoms with E-state index in [1.54, 1.807) is 0 Å². The van der Waals surface area contributed by atoms with Crippen LogP contribution in [0.5, 0.6) is 5.75 Å². The van der Waals surface area contributed by atoms with E-state index < -0.39 is 5.79 Å². The topological polar surface area (TPSA) is 18.5 Å². The van der Waals surface area contributed by atoms with Gasteiger partial charge in [0.05, 0.1) is 0 Å². The van der Waals surface area contributed by atoms with Crippen LogP contribution in [0, 0.1) is 0 Å². The van der Waals surface area contributed by atoms with Crippen LogP contribution in [0.4, 0.5) is 0 Å². The van der Waals surface area contributed by atoms with E-state index >= 15 is 0 Å². The second-order valence-electron chi connectivity index (χ2n) is 5.50. The van der Waals surface area contributed by atoms with Gasteiger partial charge in [0.25, 0.3) is 0 Å². The Morgan fingerprint density at radius 1 is 0.900 bits per heavy atom. The lowest BCUT2D eigenvalue weighted by Crippen LogP contribution is -2.35. The average molecular weight is 278 g/mol. The van der Waals surface area contributed by atoms with Gasteiger partial charge in [0.2, 0.25) is 5.79 Å². The van der Waals surface area contributed by atoms with Gasteiger partial charge in [-0.2, -0.15) is 0 Å². The summed E-state index contributed by atoms with van der Waals surface area (Å²) >= 11 is 0. The molecule has 0 aliphatic rings. The molecule has 0 aliphatic heterocycles. The summed E-state index contributed by atoms with van der Waals surface area (Å²) in [4.78, 5) is 0. The van der Waals surface area contributed by atoms with Gasteiger partial charge in [-0.3, -0.25) is 0 Å². The fourth-order valence-corrected chi connectivity index (χ4v) is 2.42. The van der Waals surface area contributed by atoms with E-state index in [9.17, 15) is 0 Å². The zero-order valence-corrected chi connectivity index (χ0v) is 13.4. The van der Waals surface area contributed by atoms with Crippen LogP contribution in [0.2, 0.25) is 0 Å². The largest absolute Gasteiger partial charge is 0.463 e. The molecule has 2 nitrogen and oxygen atoms in total. The number of benzene rings is 1. The van der Waals surface area contributed by atoms with Crippen molar-refractivity contribution in [1.82, 2.24) is 0 Å². The summed E-state index contributed by atoms with van der Waals surface area (Å²) in [5, 5.41) is 0. The molecule has 0 aromatic heterocycles. The monoisotopic (exact) mass is 278 g/mol. The molecule has 114 valence electrons. The van der Waals surface area contributed by atoms with Crippen molar-refractivity contribution in [2.45, 2.75) is 71.5 Å². The second kappa shape index (κ2) is 9.82. The third-order valence-corrected chi connectivity index (χ3v) is 3.51. The third kappa shape index (κ3) is 6.95. The van der Waals surface area contributed by atoms with E-state index in [0.717, 1.165) is 18.6 Å². The third-order valence-electron chi connectivity index (χ3n) is 3.51. The van der Waals surface area contributed by atoms with Crippen LogP contribution in [0.3, 0.4) is 0 Å². The molecule has 20 heavy (non-hydrogen) atoms. The summed E-state index contributed by atoms with van der Waals surface area (Å²) in [6, 6.07) is 9.95. The quantitative estimate of drug-likeness (QED) is 0.389. The van der Waals surface area contributed by atoms with Crippen molar-refractivity contribution in [2.24, 2.45) is 0 Å². The van der Waals surface area contributed by atoms with E-state index in [1.165, 1.54) is 32.1 Å². The minimum atomic E-state index is -0.499. The highest BCUT2D eigenvalue weighted by atomic mass is 16.7. The van der Waals surface area contributed by atoms with Crippen LogP contribution in [0.15, 0.2) is 30.3 Å². The maximum absolute atomic E-state index is 6.05. The molecule has 0 bridgehead atoms. The molecule has 0 N–H and O–H groups in total. The van der Waals surface area contributed by atoms with Crippen LogP contribution < -0.4 is 4.74 Å². The smallest absolute Gasteiger partial charge is 0.207 e. The summed E-state index contributed by atoms with van der Waals surface area (Å²) in [5.74, 6) is 0.385. The molecule has 2 heteroatoms. The summed E-state index contributed by atoms with van der Waals surface area (Å²) in [7, 11) is 0. The first kappa shape index (κ1) is 17.0. The highest BCUT2D eigenvalue weighted by Crippen LogP contribution is 2.25. The lowest BCUT2D eigenvalue weighted by molar-refractivity contribution is -0.172. The molecule has 1 aromatic rings. The van der Waals surface area contributed by atoms with E-state index in [0.29, 0.717) is 6.61 Å². The molecule has 0 fully saturated rings. The van der Waals surface area contributed by atoms with Crippen molar-refractivity contribution in [2.75, 3.05) is 6.61 Å². The van der Waals surface area contributed by atoms with Crippen molar-refractivity contribution in [3.63, 3.8) is 0 Å². The molecule has 0 saturated carbocycles. The molecule has 1 aromatic carbocycles. The highest BCUT2D eigenvalue weighted by molar-refractivity contribution is 5.21. The van der Waals surface area contributed by atoms with Crippen LogP contribution in [0.25, 0.3) is 0 Å². The minimum Gasteiger partial charge on any atom is -0.463 e. The molecular weight excluding hydrogens is 248 g/mol. The first-order valence-corrected chi connectivity index (χ1v) is 8.08. The number of ether oxygens (including phenoxy) is 2. The lowest BCUT2D eigenvalue weighted by atomic mass is 10.1. The molecular formula is C18H30O2. The first-order valence-electron chi connectivity index (χ1n) is 8.08.